The first-order chi connectivity index (χ1) is 20.8. The third kappa shape index (κ3) is 12.0. The zero-order valence-electron chi connectivity index (χ0n) is 27.5. The topological polar surface area (TPSA) is 0 Å². The molecule has 0 nitrogen and oxygen atoms in total. The van der Waals surface area contributed by atoms with Crippen molar-refractivity contribution in [2.24, 2.45) is 0 Å². The summed E-state index contributed by atoms with van der Waals surface area (Å²) in [5.74, 6) is 0. The van der Waals surface area contributed by atoms with Crippen LogP contribution in [0.2, 0.25) is 10.0 Å². The van der Waals surface area contributed by atoms with E-state index in [1.807, 2.05) is 66.7 Å². The molecule has 0 N–H and O–H groups in total. The van der Waals surface area contributed by atoms with Gasteiger partial charge in [0.05, 0.1) is 0 Å². The Kier molecular flexibility index (Phi) is 15.8. The van der Waals surface area contributed by atoms with E-state index in [0.717, 1.165) is 29.3 Å². The van der Waals surface area contributed by atoms with E-state index in [0.29, 0.717) is 0 Å². The maximum absolute atomic E-state index is 5.99. The minimum absolute atomic E-state index is 0. The van der Waals surface area contributed by atoms with Crippen molar-refractivity contribution in [3.8, 4) is 11.1 Å². The maximum atomic E-state index is 5.99. The van der Waals surface area contributed by atoms with Gasteiger partial charge in [-0.05, 0) is 17.4 Å². The van der Waals surface area contributed by atoms with E-state index in [4.69, 9.17) is 23.2 Å². The quantitative estimate of drug-likeness (QED) is 0.206. The van der Waals surface area contributed by atoms with Crippen LogP contribution in [0.4, 0.5) is 0 Å². The number of fused-ring (bicyclic) bond motifs is 3. The average molecular weight is 768 g/mol. The SMILES string of the molecule is CC(C)(C)c1c[c-]c2c(c1)-c1cc(C(C)(C)C)ccc1C2.Clc1cccc(C[C](=[Zr+2])Cc2cccc(Cl)c2)c1.[Cl-].[Cl-].c1cc[cH-]c1. The summed E-state index contributed by atoms with van der Waals surface area (Å²) in [4.78, 5) is 0. The fourth-order valence-electron chi connectivity index (χ4n) is 5.15. The van der Waals surface area contributed by atoms with Crippen molar-refractivity contribution in [1.29, 1.82) is 0 Å². The second kappa shape index (κ2) is 18.1. The van der Waals surface area contributed by atoms with Crippen LogP contribution in [0.5, 0.6) is 0 Å². The van der Waals surface area contributed by atoms with Crippen molar-refractivity contribution < 1.29 is 49.0 Å². The molecule has 5 heteroatoms. The molecule has 0 spiro atoms. The van der Waals surface area contributed by atoms with Crippen molar-refractivity contribution in [3.63, 3.8) is 0 Å². The molecule has 5 aromatic carbocycles. The van der Waals surface area contributed by atoms with Gasteiger partial charge in [0, 0.05) is 0 Å². The number of halogens is 4. The summed E-state index contributed by atoms with van der Waals surface area (Å²) in [6.07, 6.45) is 3.01. The molecule has 0 aliphatic heterocycles. The molecule has 0 amide bonds. The predicted octanol–water partition coefficient (Wildman–Crippen LogP) is 5.56. The average Bonchev–Trinajstić information content (AvgIpc) is 3.64. The molecule has 1 aliphatic rings. The third-order valence-corrected chi connectivity index (χ3v) is 9.03. The zero-order valence-corrected chi connectivity index (χ0v) is 33.0. The number of rotatable bonds is 4. The van der Waals surface area contributed by atoms with Gasteiger partial charge in [-0.25, -0.2) is 12.1 Å². The minimum atomic E-state index is 0. The van der Waals surface area contributed by atoms with Gasteiger partial charge in [-0.2, -0.15) is 47.5 Å². The fourth-order valence-corrected chi connectivity index (χ4v) is 6.58. The van der Waals surface area contributed by atoms with Crippen molar-refractivity contribution in [2.75, 3.05) is 0 Å². The Bertz CT molecular complexity index is 1560. The number of hydrogen-bond acceptors (Lipinski definition) is 0. The summed E-state index contributed by atoms with van der Waals surface area (Å²) < 4.78 is 1.49. The van der Waals surface area contributed by atoms with Gasteiger partial charge in [0.2, 0.25) is 0 Å². The van der Waals surface area contributed by atoms with Gasteiger partial charge in [-0.3, -0.25) is 0 Å². The van der Waals surface area contributed by atoms with Crippen LogP contribution in [0.15, 0.2) is 109 Å². The Labute approximate surface area is 314 Å². The van der Waals surface area contributed by atoms with Gasteiger partial charge in [0.15, 0.2) is 0 Å². The number of benzene rings is 4. The van der Waals surface area contributed by atoms with Crippen molar-refractivity contribution >= 4 is 26.4 Å². The summed E-state index contributed by atoms with van der Waals surface area (Å²) in [5.41, 5.74) is 11.3. The summed E-state index contributed by atoms with van der Waals surface area (Å²) in [6.45, 7) is 13.6. The maximum Gasteiger partial charge on any atom is -0.172 e. The first kappa shape index (κ1) is 40.3. The normalized spacial score (nSPS) is 11.3. The van der Waals surface area contributed by atoms with E-state index in [1.165, 1.54) is 71.9 Å². The van der Waals surface area contributed by atoms with Crippen LogP contribution in [-0.4, -0.2) is 3.21 Å². The Balaban J connectivity index is 0.000000270. The molecule has 0 unspecified atom stereocenters. The first-order valence-electron chi connectivity index (χ1n) is 15.2. The van der Waals surface area contributed by atoms with E-state index < -0.39 is 0 Å². The van der Waals surface area contributed by atoms with E-state index in [-0.39, 0.29) is 35.6 Å². The van der Waals surface area contributed by atoms with Gasteiger partial charge < -0.3 is 24.8 Å². The van der Waals surface area contributed by atoms with E-state index in [9.17, 15) is 0 Å². The van der Waals surface area contributed by atoms with Crippen LogP contribution in [-0.2, 0) is 54.3 Å². The third-order valence-electron chi connectivity index (χ3n) is 7.69. The van der Waals surface area contributed by atoms with Gasteiger partial charge in [0.1, 0.15) is 0 Å². The Hall–Kier alpha value is -1.86. The molecule has 1 aliphatic carbocycles. The monoisotopic (exact) mass is 764 g/mol. The van der Waals surface area contributed by atoms with E-state index in [1.54, 1.807) is 0 Å². The predicted molar refractivity (Wildman–Crippen MR) is 188 cm³/mol. The molecule has 0 saturated heterocycles. The largest absolute Gasteiger partial charge is 1.00 e. The Morgan fingerprint density at radius 3 is 1.67 bits per heavy atom. The first-order valence-corrected chi connectivity index (χ1v) is 17.2. The zero-order chi connectivity index (χ0) is 31.9. The molecule has 0 heterocycles. The minimum Gasteiger partial charge on any atom is -1.00 e. The van der Waals surface area contributed by atoms with Crippen molar-refractivity contribution in [2.45, 2.75) is 71.6 Å². The molecule has 240 valence electrons. The molecule has 0 fully saturated rings. The summed E-state index contributed by atoms with van der Waals surface area (Å²) in [6, 6.07) is 41.2. The molecule has 0 radical (unpaired) electrons. The Morgan fingerprint density at radius 2 is 1.22 bits per heavy atom. The second-order valence-corrected chi connectivity index (χ2v) is 16.1. The van der Waals surface area contributed by atoms with Crippen LogP contribution in [0, 0.1) is 6.07 Å². The smallest absolute Gasteiger partial charge is 0.172 e. The number of hydrogen-bond donors (Lipinski definition) is 0. The van der Waals surface area contributed by atoms with Crippen LogP contribution >= 0.6 is 23.2 Å². The summed E-state index contributed by atoms with van der Waals surface area (Å²) >= 11 is 13.4. The molecule has 46 heavy (non-hydrogen) atoms. The standard InChI is InChI=1S/C21H25.C15H12Cl2.C5H5.2ClH.Zr/c1-20(2,3)16-9-7-14-11-15-8-10-17(21(4,5)6)13-19(15)18(14)12-16;16-14-8-2-6-12(10-14)4-1-5-13-7-3-9-15(17)11-13;1-2-4-5-3-1;;;/h7,9-10,12-13H,11H2,1-6H3;2-3,6-11H,4-5H2;1-5H;2*1H;/q-1;;-1;;;+2/p-2. The molecule has 0 bridgehead atoms. The van der Waals surface area contributed by atoms with Gasteiger partial charge >= 0.3 is 133 Å². The molecule has 0 atom stereocenters. The van der Waals surface area contributed by atoms with Gasteiger partial charge in [-0.15, -0.1) is 5.56 Å². The molecular weight excluding hydrogens is 725 g/mol. The second-order valence-electron chi connectivity index (χ2n) is 13.5. The van der Waals surface area contributed by atoms with Crippen molar-refractivity contribution in [3.05, 3.63) is 159 Å². The molecule has 5 aromatic rings. The van der Waals surface area contributed by atoms with Crippen LogP contribution in [0.1, 0.15) is 74.9 Å². The van der Waals surface area contributed by atoms with Crippen molar-refractivity contribution in [1.82, 2.24) is 0 Å². The molecular formula is C41H42Cl4Zr-2. The fraction of sp³-hybridized carbons (Fsp3) is 0.268. The van der Waals surface area contributed by atoms with E-state index >= 15 is 0 Å². The molecule has 0 saturated carbocycles. The summed E-state index contributed by atoms with van der Waals surface area (Å²) in [5, 5.41) is 1.61. The van der Waals surface area contributed by atoms with E-state index in [2.05, 4.69) is 90.1 Å². The molecule has 0 aromatic heterocycles. The van der Waals surface area contributed by atoms with Gasteiger partial charge in [-0.1, -0.05) is 76.3 Å². The van der Waals surface area contributed by atoms with Crippen LogP contribution in [0.3, 0.4) is 0 Å². The van der Waals surface area contributed by atoms with Crippen LogP contribution in [0.25, 0.3) is 11.1 Å². The Morgan fingerprint density at radius 1 is 0.696 bits per heavy atom. The molecule has 6 rings (SSSR count). The van der Waals surface area contributed by atoms with Gasteiger partial charge in [0.25, 0.3) is 0 Å². The van der Waals surface area contributed by atoms with Crippen LogP contribution < -0.4 is 24.8 Å². The summed E-state index contributed by atoms with van der Waals surface area (Å²) in [7, 11) is 0.